The lowest BCUT2D eigenvalue weighted by Crippen LogP contribution is -2.39. The quantitative estimate of drug-likeness (QED) is 0.859. The third-order valence-corrected chi connectivity index (χ3v) is 5.95. The zero-order chi connectivity index (χ0) is 14.8. The first-order valence-corrected chi connectivity index (χ1v) is 8.51. The number of benzene rings is 1. The van der Waals surface area contributed by atoms with Gasteiger partial charge in [-0.2, -0.15) is 4.31 Å². The summed E-state index contributed by atoms with van der Waals surface area (Å²) >= 11 is 0. The molecule has 2 rings (SSSR count). The number of nitrogens with two attached hydrogens (primary N) is 1. The number of hydrogen-bond acceptors (Lipinski definition) is 4. The molecule has 2 N–H and O–H groups in total. The Morgan fingerprint density at radius 3 is 2.30 bits per heavy atom. The van der Waals surface area contributed by atoms with E-state index >= 15 is 0 Å². The summed E-state index contributed by atoms with van der Waals surface area (Å²) in [6, 6.07) is 7.73. The molecular formula is C14H23N3O2S. The van der Waals surface area contributed by atoms with E-state index in [9.17, 15) is 8.42 Å². The third-order valence-electron chi connectivity index (χ3n) is 3.67. The van der Waals surface area contributed by atoms with Gasteiger partial charge in [0.2, 0.25) is 10.0 Å². The second-order valence-corrected chi connectivity index (χ2v) is 7.91. The highest BCUT2D eigenvalue weighted by Gasteiger charge is 2.27. The maximum absolute atomic E-state index is 12.2. The summed E-state index contributed by atoms with van der Waals surface area (Å²) in [5, 5.41) is -0.356. The molecule has 0 bridgehead atoms. The standard InChI is InChI=1S/C14H23N3O2S/c1-12(2)20(18,19)17-9-3-8-16(10-11-17)14-6-4-13(15)5-7-14/h4-7,12H,3,8-11,15H2,1-2H3. The van der Waals surface area contributed by atoms with Crippen molar-refractivity contribution in [1.29, 1.82) is 0 Å². The number of anilines is 2. The zero-order valence-corrected chi connectivity index (χ0v) is 12.9. The molecule has 0 radical (unpaired) electrons. The van der Waals surface area contributed by atoms with Gasteiger partial charge in [-0.3, -0.25) is 0 Å². The third kappa shape index (κ3) is 3.24. The van der Waals surface area contributed by atoms with E-state index in [0.29, 0.717) is 13.1 Å². The van der Waals surface area contributed by atoms with Crippen molar-refractivity contribution in [2.75, 3.05) is 36.8 Å². The molecule has 0 amide bonds. The zero-order valence-electron chi connectivity index (χ0n) is 12.1. The fraction of sp³-hybridized carbons (Fsp3) is 0.571. The Kier molecular flexibility index (Phi) is 4.55. The lowest BCUT2D eigenvalue weighted by atomic mass is 10.2. The molecule has 20 heavy (non-hydrogen) atoms. The smallest absolute Gasteiger partial charge is 0.216 e. The molecule has 0 saturated carbocycles. The van der Waals surface area contributed by atoms with Crippen LogP contribution in [0.5, 0.6) is 0 Å². The van der Waals surface area contributed by atoms with Gasteiger partial charge in [0.05, 0.1) is 5.25 Å². The Labute approximate surface area is 121 Å². The summed E-state index contributed by atoms with van der Waals surface area (Å²) in [6.45, 7) is 6.21. The minimum atomic E-state index is -3.15. The molecule has 1 aliphatic heterocycles. The highest BCUT2D eigenvalue weighted by molar-refractivity contribution is 7.89. The summed E-state index contributed by atoms with van der Waals surface area (Å²) < 4.78 is 26.1. The summed E-state index contributed by atoms with van der Waals surface area (Å²) in [5.74, 6) is 0. The molecule has 0 unspecified atom stereocenters. The van der Waals surface area contributed by atoms with Crippen LogP contribution in [-0.4, -0.2) is 44.2 Å². The molecule has 0 atom stereocenters. The molecule has 1 saturated heterocycles. The van der Waals surface area contributed by atoms with Crippen LogP contribution in [0, 0.1) is 0 Å². The van der Waals surface area contributed by atoms with E-state index in [0.717, 1.165) is 30.9 Å². The van der Waals surface area contributed by atoms with E-state index < -0.39 is 10.0 Å². The van der Waals surface area contributed by atoms with Crippen molar-refractivity contribution in [3.63, 3.8) is 0 Å². The van der Waals surface area contributed by atoms with Gasteiger partial charge in [-0.25, -0.2) is 8.42 Å². The van der Waals surface area contributed by atoms with Crippen molar-refractivity contribution >= 4 is 21.4 Å². The molecule has 0 aliphatic carbocycles. The number of rotatable bonds is 3. The molecule has 1 heterocycles. The molecule has 0 spiro atoms. The number of nitrogen functional groups attached to an aromatic ring is 1. The van der Waals surface area contributed by atoms with Gasteiger partial charge in [0.1, 0.15) is 0 Å². The summed E-state index contributed by atoms with van der Waals surface area (Å²) in [4.78, 5) is 2.22. The van der Waals surface area contributed by atoms with Crippen molar-refractivity contribution < 1.29 is 8.42 Å². The molecule has 112 valence electrons. The van der Waals surface area contributed by atoms with Crippen LogP contribution in [-0.2, 0) is 10.0 Å². The van der Waals surface area contributed by atoms with Gasteiger partial charge < -0.3 is 10.6 Å². The molecule has 1 aromatic rings. The predicted molar refractivity (Wildman–Crippen MR) is 83.3 cm³/mol. The molecule has 1 aliphatic rings. The molecule has 1 aromatic carbocycles. The van der Waals surface area contributed by atoms with Gasteiger partial charge in [0.25, 0.3) is 0 Å². The maximum Gasteiger partial charge on any atom is 0.216 e. The largest absolute Gasteiger partial charge is 0.399 e. The van der Waals surface area contributed by atoms with Gasteiger partial charge >= 0.3 is 0 Å². The van der Waals surface area contributed by atoms with Crippen molar-refractivity contribution in [2.45, 2.75) is 25.5 Å². The van der Waals surface area contributed by atoms with E-state index in [-0.39, 0.29) is 5.25 Å². The van der Waals surface area contributed by atoms with Crippen LogP contribution in [0.25, 0.3) is 0 Å². The highest BCUT2D eigenvalue weighted by atomic mass is 32.2. The molecule has 0 aromatic heterocycles. The Hall–Kier alpha value is -1.27. The van der Waals surface area contributed by atoms with Crippen LogP contribution < -0.4 is 10.6 Å². The summed E-state index contributed by atoms with van der Waals surface area (Å²) in [6.07, 6.45) is 0.844. The minimum absolute atomic E-state index is 0.356. The first kappa shape index (κ1) is 15.1. The Morgan fingerprint density at radius 2 is 1.70 bits per heavy atom. The SMILES string of the molecule is CC(C)S(=O)(=O)N1CCCN(c2ccc(N)cc2)CC1. The van der Waals surface area contributed by atoms with Crippen molar-refractivity contribution in [2.24, 2.45) is 0 Å². The first-order chi connectivity index (χ1) is 9.41. The second-order valence-electron chi connectivity index (χ2n) is 5.42. The van der Waals surface area contributed by atoms with Crippen LogP contribution >= 0.6 is 0 Å². The van der Waals surface area contributed by atoms with Crippen LogP contribution in [0.4, 0.5) is 11.4 Å². The Bertz CT molecular complexity index is 540. The Morgan fingerprint density at radius 1 is 1.05 bits per heavy atom. The molecular weight excluding hydrogens is 274 g/mol. The van der Waals surface area contributed by atoms with Gasteiger partial charge in [-0.1, -0.05) is 0 Å². The van der Waals surface area contributed by atoms with E-state index in [1.165, 1.54) is 0 Å². The van der Waals surface area contributed by atoms with E-state index in [1.807, 2.05) is 24.3 Å². The first-order valence-electron chi connectivity index (χ1n) is 7.00. The van der Waals surface area contributed by atoms with Crippen LogP contribution in [0.3, 0.4) is 0 Å². The number of sulfonamides is 1. The second kappa shape index (κ2) is 6.01. The maximum atomic E-state index is 12.2. The lowest BCUT2D eigenvalue weighted by Gasteiger charge is -2.24. The molecule has 5 nitrogen and oxygen atoms in total. The topological polar surface area (TPSA) is 66.6 Å². The number of nitrogens with zero attached hydrogens (tertiary/aromatic N) is 2. The van der Waals surface area contributed by atoms with Crippen LogP contribution in [0.1, 0.15) is 20.3 Å². The highest BCUT2D eigenvalue weighted by Crippen LogP contribution is 2.20. The van der Waals surface area contributed by atoms with Crippen LogP contribution in [0.15, 0.2) is 24.3 Å². The van der Waals surface area contributed by atoms with Gasteiger partial charge in [0, 0.05) is 37.6 Å². The molecule has 1 fully saturated rings. The van der Waals surface area contributed by atoms with Crippen molar-refractivity contribution in [3.8, 4) is 0 Å². The Balaban J connectivity index is 2.08. The summed E-state index contributed by atoms with van der Waals surface area (Å²) in [7, 11) is -3.15. The average molecular weight is 297 g/mol. The monoisotopic (exact) mass is 297 g/mol. The summed E-state index contributed by atoms with van der Waals surface area (Å²) in [5.41, 5.74) is 7.54. The van der Waals surface area contributed by atoms with Gasteiger partial charge in [0.15, 0.2) is 0 Å². The van der Waals surface area contributed by atoms with E-state index in [1.54, 1.807) is 18.2 Å². The fourth-order valence-electron chi connectivity index (χ4n) is 2.39. The lowest BCUT2D eigenvalue weighted by molar-refractivity contribution is 0.427. The van der Waals surface area contributed by atoms with E-state index in [2.05, 4.69) is 4.90 Å². The normalized spacial score (nSPS) is 18.2. The van der Waals surface area contributed by atoms with Crippen LogP contribution in [0.2, 0.25) is 0 Å². The van der Waals surface area contributed by atoms with Crippen molar-refractivity contribution in [3.05, 3.63) is 24.3 Å². The predicted octanol–water partition coefficient (Wildman–Crippen LogP) is 1.52. The van der Waals surface area contributed by atoms with E-state index in [4.69, 9.17) is 5.73 Å². The minimum Gasteiger partial charge on any atom is -0.399 e. The molecule has 6 heteroatoms. The average Bonchev–Trinajstić information content (AvgIpc) is 2.65. The van der Waals surface area contributed by atoms with Gasteiger partial charge in [-0.15, -0.1) is 0 Å². The fourth-order valence-corrected chi connectivity index (χ4v) is 3.71. The number of hydrogen-bond donors (Lipinski definition) is 1. The van der Waals surface area contributed by atoms with Crippen molar-refractivity contribution in [1.82, 2.24) is 4.31 Å². The van der Waals surface area contributed by atoms with Gasteiger partial charge in [-0.05, 0) is 44.5 Å².